The topological polar surface area (TPSA) is 37.6 Å². The van der Waals surface area contributed by atoms with Gasteiger partial charge < -0.3 is 32.8 Å². The molecular formula is C138H90N6OS2. The Kier molecular flexibility index (Phi) is 21.2. The number of aromatic nitrogens is 3. The van der Waals surface area contributed by atoms with Crippen LogP contribution in [0.3, 0.4) is 0 Å². The van der Waals surface area contributed by atoms with Crippen LogP contribution in [0.25, 0.3) is 210 Å². The molecule has 0 bridgehead atoms. The van der Waals surface area contributed by atoms with Gasteiger partial charge in [-0.25, -0.2) is 0 Å². The molecule has 6 aromatic heterocycles. The van der Waals surface area contributed by atoms with E-state index in [0.717, 1.165) is 90.2 Å². The highest BCUT2D eigenvalue weighted by Crippen LogP contribution is 2.55. The van der Waals surface area contributed by atoms with Crippen molar-refractivity contribution >= 4 is 234 Å². The molecule has 0 amide bonds. The number of hydrogen-bond donors (Lipinski definition) is 0. The Morgan fingerprint density at radius 3 is 0.871 bits per heavy atom. The minimum absolute atomic E-state index is 0.883. The van der Waals surface area contributed by atoms with Gasteiger partial charge in [0.2, 0.25) is 0 Å². The molecule has 9 heteroatoms. The SMILES string of the molecule is c1ccc(N(c2ccc3c(c2)sc2ccccc23)c2ccc3c(c2-c2ccc4ccccc4c2)c2ccccc2n3-c2ccccc2)cc1.c1ccc(N(c2ccc3oc4ccccc4c3c2)c2ccc3c(c2-c2ccc4ccccc4c2)c2ccccc2n3-c2ccccc2)cc1.c1ccc(N(c2ccc3sc4ccccc4c3c2)c2ccc3c(c2-c2ccc4ccccc4c2)c2ccccc2n3-c2ccccc2)cc1. The zero-order chi connectivity index (χ0) is 96.9. The van der Waals surface area contributed by atoms with Crippen LogP contribution >= 0.6 is 22.7 Å². The van der Waals surface area contributed by atoms with Gasteiger partial charge in [0.1, 0.15) is 11.2 Å². The fraction of sp³-hybridized carbons (Fsp3) is 0. The molecule has 147 heavy (non-hydrogen) atoms. The van der Waals surface area contributed by atoms with E-state index in [2.05, 4.69) is 562 Å². The summed E-state index contributed by atoms with van der Waals surface area (Å²) in [5, 5.41) is 22.2. The summed E-state index contributed by atoms with van der Waals surface area (Å²) in [6, 6.07) is 198. The first kappa shape index (κ1) is 86.0. The van der Waals surface area contributed by atoms with Crippen molar-refractivity contribution in [1.82, 2.24) is 13.7 Å². The van der Waals surface area contributed by atoms with E-state index in [9.17, 15) is 0 Å². The highest BCUT2D eigenvalue weighted by molar-refractivity contribution is 7.26. The number of benzene rings is 24. The number of nitrogens with zero attached hydrogens (tertiary/aromatic N) is 6. The minimum atomic E-state index is 0.883. The number of rotatable bonds is 15. The number of furan rings is 1. The van der Waals surface area contributed by atoms with E-state index in [1.54, 1.807) is 0 Å². The molecule has 6 heterocycles. The molecule has 0 radical (unpaired) electrons. The van der Waals surface area contributed by atoms with Gasteiger partial charge in [-0.1, -0.05) is 334 Å². The number of fused-ring (bicyclic) bond motifs is 21. The molecule has 0 aliphatic heterocycles. The molecule has 0 fully saturated rings. The molecule has 0 N–H and O–H groups in total. The fourth-order valence-corrected chi connectivity index (χ4v) is 25.0. The van der Waals surface area contributed by atoms with Crippen LogP contribution in [0.15, 0.2) is 550 Å². The molecule has 690 valence electrons. The monoisotopic (exact) mass is 1910 g/mol. The molecule has 24 aromatic carbocycles. The molecule has 0 aliphatic carbocycles. The summed E-state index contributed by atoms with van der Waals surface area (Å²) in [6.45, 7) is 0. The third-order valence-corrected chi connectivity index (χ3v) is 31.5. The standard InChI is InChI=1S/C46H30N2O.2C46H30N2S/c2*1-3-15-34(16-4-1)47(36-25-28-44-39(30-36)37-19-10-12-22-43(37)49-44)41-26-27-42-46(45(41)33-24-23-31-13-7-8-14-32(31)29-33)38-20-9-11-21-40(38)48(42)35-17-5-2-6-18-35;1-3-15-34(16-4-1)47(36-25-26-38-37-19-10-12-22-43(37)49-44(38)30-36)41-27-28-42-46(45(41)33-24-23-31-13-7-8-14-32(31)29-33)39-20-9-11-21-40(39)48(42)35-17-5-2-6-18-35/h3*1-30H. The van der Waals surface area contributed by atoms with Crippen LogP contribution in [-0.4, -0.2) is 13.7 Å². The Labute approximate surface area is 856 Å². The average Bonchev–Trinajstić information content (AvgIpc) is 1.54. The summed E-state index contributed by atoms with van der Waals surface area (Å²) >= 11 is 3.72. The highest BCUT2D eigenvalue weighted by Gasteiger charge is 2.31. The number of thiophene rings is 2. The lowest BCUT2D eigenvalue weighted by molar-refractivity contribution is 0.669. The highest BCUT2D eigenvalue weighted by atomic mass is 32.1. The second-order valence-electron chi connectivity index (χ2n) is 37.7. The van der Waals surface area contributed by atoms with Gasteiger partial charge >= 0.3 is 0 Å². The largest absolute Gasteiger partial charge is 0.456 e. The van der Waals surface area contributed by atoms with Gasteiger partial charge in [-0.15, -0.1) is 22.7 Å². The number of anilines is 9. The van der Waals surface area contributed by atoms with Crippen molar-refractivity contribution in [1.29, 1.82) is 0 Å². The van der Waals surface area contributed by atoms with Crippen LogP contribution in [0.4, 0.5) is 51.2 Å². The van der Waals surface area contributed by atoms with E-state index < -0.39 is 0 Å². The van der Waals surface area contributed by atoms with E-state index in [-0.39, 0.29) is 0 Å². The first-order chi connectivity index (χ1) is 72.9. The lowest BCUT2D eigenvalue weighted by Gasteiger charge is -2.29. The Bertz CT molecular complexity index is 9960. The number of hydrogen-bond acceptors (Lipinski definition) is 6. The maximum Gasteiger partial charge on any atom is 0.135 e. The minimum Gasteiger partial charge on any atom is -0.456 e. The van der Waals surface area contributed by atoms with Crippen LogP contribution in [0.1, 0.15) is 0 Å². The zero-order valence-electron chi connectivity index (χ0n) is 79.9. The lowest BCUT2D eigenvalue weighted by atomic mass is 9.94. The molecule has 30 aromatic rings. The summed E-state index contributed by atoms with van der Waals surface area (Å²) < 4.78 is 18.7. The van der Waals surface area contributed by atoms with Gasteiger partial charge in [0, 0.05) is 151 Å². The van der Waals surface area contributed by atoms with Crippen molar-refractivity contribution in [3.05, 3.63) is 546 Å². The van der Waals surface area contributed by atoms with Crippen molar-refractivity contribution in [2.75, 3.05) is 14.7 Å². The van der Waals surface area contributed by atoms with E-state index >= 15 is 0 Å². The smallest absolute Gasteiger partial charge is 0.135 e. The van der Waals surface area contributed by atoms with Crippen LogP contribution in [0.5, 0.6) is 0 Å². The van der Waals surface area contributed by atoms with Gasteiger partial charge in [-0.05, 0) is 261 Å². The Morgan fingerprint density at radius 2 is 0.456 bits per heavy atom. The van der Waals surface area contributed by atoms with E-state index in [1.807, 2.05) is 34.8 Å². The second-order valence-corrected chi connectivity index (χ2v) is 39.8. The van der Waals surface area contributed by atoms with Crippen LogP contribution in [-0.2, 0) is 0 Å². The molecule has 7 nitrogen and oxygen atoms in total. The molecule has 0 saturated heterocycles. The molecule has 0 saturated carbocycles. The van der Waals surface area contributed by atoms with E-state index in [4.69, 9.17) is 4.42 Å². The third-order valence-electron chi connectivity index (χ3n) is 29.2. The molecule has 0 atom stereocenters. The first-order valence-electron chi connectivity index (χ1n) is 50.1. The summed E-state index contributed by atoms with van der Waals surface area (Å²) in [5.41, 5.74) is 29.6. The van der Waals surface area contributed by atoms with Crippen molar-refractivity contribution in [2.24, 2.45) is 0 Å². The summed E-state index contributed by atoms with van der Waals surface area (Å²) in [6.07, 6.45) is 0. The fourth-order valence-electron chi connectivity index (χ4n) is 22.8. The van der Waals surface area contributed by atoms with Gasteiger partial charge in [0.05, 0.1) is 50.2 Å². The maximum absolute atomic E-state index is 6.26. The predicted molar refractivity (Wildman–Crippen MR) is 628 cm³/mol. The van der Waals surface area contributed by atoms with Crippen molar-refractivity contribution in [2.45, 2.75) is 0 Å². The van der Waals surface area contributed by atoms with Gasteiger partial charge in [0.25, 0.3) is 0 Å². The number of para-hydroxylation sites is 10. The van der Waals surface area contributed by atoms with Gasteiger partial charge in [0.15, 0.2) is 0 Å². The zero-order valence-corrected chi connectivity index (χ0v) is 81.5. The van der Waals surface area contributed by atoms with Gasteiger partial charge in [-0.2, -0.15) is 0 Å². The van der Waals surface area contributed by atoms with Crippen molar-refractivity contribution in [3.63, 3.8) is 0 Å². The molecule has 30 rings (SSSR count). The molecule has 0 spiro atoms. The average molecular weight is 1910 g/mol. The maximum atomic E-state index is 6.26. The molecule has 0 aliphatic rings. The predicted octanol–water partition coefficient (Wildman–Crippen LogP) is 39.9. The summed E-state index contributed by atoms with van der Waals surface area (Å²) in [4.78, 5) is 7.30. The van der Waals surface area contributed by atoms with Crippen molar-refractivity contribution in [3.8, 4) is 50.4 Å². The second kappa shape index (κ2) is 36.3. The Morgan fingerprint density at radius 1 is 0.163 bits per heavy atom. The van der Waals surface area contributed by atoms with E-state index in [1.165, 1.54) is 171 Å². The lowest BCUT2D eigenvalue weighted by Crippen LogP contribution is -2.11. The van der Waals surface area contributed by atoms with Crippen molar-refractivity contribution < 1.29 is 4.42 Å². The van der Waals surface area contributed by atoms with Crippen LogP contribution < -0.4 is 14.7 Å². The van der Waals surface area contributed by atoms with Gasteiger partial charge in [-0.3, -0.25) is 0 Å². The van der Waals surface area contributed by atoms with Crippen LogP contribution in [0, 0.1) is 0 Å². The van der Waals surface area contributed by atoms with E-state index in [0.29, 0.717) is 0 Å². The summed E-state index contributed by atoms with van der Waals surface area (Å²) in [5.74, 6) is 0. The Balaban J connectivity index is 0.000000107. The third kappa shape index (κ3) is 14.9. The normalized spacial score (nSPS) is 11.7. The molecule has 0 unspecified atom stereocenters. The summed E-state index contributed by atoms with van der Waals surface area (Å²) in [7, 11) is 0. The first-order valence-corrected chi connectivity index (χ1v) is 51.7. The molecular weight excluding hydrogens is 1820 g/mol. The quantitative estimate of drug-likeness (QED) is 0.103. The Hall–Kier alpha value is -18.9. The van der Waals surface area contributed by atoms with Crippen LogP contribution in [0.2, 0.25) is 0 Å².